The number of carbonyl (C=O) groups is 1. The minimum atomic E-state index is -0.159. The lowest BCUT2D eigenvalue weighted by molar-refractivity contribution is 0.0209. The highest BCUT2D eigenvalue weighted by atomic mass is 16.5. The molecule has 0 aromatic carbocycles. The van der Waals surface area contributed by atoms with Gasteiger partial charge in [-0.15, -0.1) is 0 Å². The van der Waals surface area contributed by atoms with Gasteiger partial charge in [0, 0.05) is 26.3 Å². The first-order valence-corrected chi connectivity index (χ1v) is 5.09. The number of ether oxygens (including phenoxy) is 1. The van der Waals surface area contributed by atoms with Crippen LogP contribution in [0.2, 0.25) is 0 Å². The summed E-state index contributed by atoms with van der Waals surface area (Å²) in [6.07, 6.45) is 3.23. The summed E-state index contributed by atoms with van der Waals surface area (Å²) < 4.78 is 5.33. The summed E-state index contributed by atoms with van der Waals surface area (Å²) in [5, 5.41) is 0. The van der Waals surface area contributed by atoms with Gasteiger partial charge in [-0.05, 0) is 24.7 Å². The number of hydrogen-bond donors (Lipinski definition) is 2. The number of hydrogen-bond acceptors (Lipinski definition) is 3. The van der Waals surface area contributed by atoms with Crippen molar-refractivity contribution in [2.24, 2.45) is 11.3 Å². The SMILES string of the molecule is NNC(=O)N1CCC2(CCOCC2)C1. The van der Waals surface area contributed by atoms with Crippen LogP contribution >= 0.6 is 0 Å². The van der Waals surface area contributed by atoms with Gasteiger partial charge in [-0.2, -0.15) is 0 Å². The number of likely N-dealkylation sites (tertiary alicyclic amines) is 1. The second-order valence-corrected chi connectivity index (χ2v) is 4.23. The molecule has 0 unspecified atom stereocenters. The average Bonchev–Trinajstić information content (AvgIpc) is 2.62. The van der Waals surface area contributed by atoms with Crippen molar-refractivity contribution in [2.45, 2.75) is 19.3 Å². The zero-order valence-electron chi connectivity index (χ0n) is 8.29. The van der Waals surface area contributed by atoms with Gasteiger partial charge in [0.2, 0.25) is 0 Å². The van der Waals surface area contributed by atoms with E-state index in [1.165, 1.54) is 0 Å². The molecule has 5 nitrogen and oxygen atoms in total. The van der Waals surface area contributed by atoms with Crippen LogP contribution in [0.1, 0.15) is 19.3 Å². The highest BCUT2D eigenvalue weighted by Gasteiger charge is 2.40. The molecule has 0 saturated carbocycles. The van der Waals surface area contributed by atoms with Crippen molar-refractivity contribution in [1.29, 1.82) is 0 Å². The number of carbonyl (C=O) groups excluding carboxylic acids is 1. The number of rotatable bonds is 0. The van der Waals surface area contributed by atoms with E-state index in [1.54, 1.807) is 4.90 Å². The molecule has 1 spiro atoms. The summed E-state index contributed by atoms with van der Waals surface area (Å²) in [4.78, 5) is 13.1. The van der Waals surface area contributed by atoms with E-state index in [0.29, 0.717) is 5.41 Å². The van der Waals surface area contributed by atoms with Crippen molar-refractivity contribution in [3.8, 4) is 0 Å². The molecule has 5 heteroatoms. The molecule has 3 N–H and O–H groups in total. The average molecular weight is 199 g/mol. The summed E-state index contributed by atoms with van der Waals surface area (Å²) in [5.41, 5.74) is 2.49. The summed E-state index contributed by atoms with van der Waals surface area (Å²) in [7, 11) is 0. The van der Waals surface area contributed by atoms with Gasteiger partial charge in [-0.1, -0.05) is 0 Å². The lowest BCUT2D eigenvalue weighted by Crippen LogP contribution is -2.43. The third-order valence-electron chi connectivity index (χ3n) is 3.40. The van der Waals surface area contributed by atoms with Crippen LogP contribution in [-0.4, -0.2) is 37.2 Å². The predicted molar refractivity (Wildman–Crippen MR) is 51.4 cm³/mol. The maximum absolute atomic E-state index is 11.3. The van der Waals surface area contributed by atoms with Crippen molar-refractivity contribution in [2.75, 3.05) is 26.3 Å². The molecule has 2 amide bonds. The van der Waals surface area contributed by atoms with Crippen molar-refractivity contribution < 1.29 is 9.53 Å². The molecule has 2 rings (SSSR count). The molecular formula is C9H17N3O2. The molecule has 2 fully saturated rings. The number of nitrogens with zero attached hydrogens (tertiary/aromatic N) is 1. The molecule has 14 heavy (non-hydrogen) atoms. The number of urea groups is 1. The molecule has 0 aromatic heterocycles. The van der Waals surface area contributed by atoms with E-state index in [4.69, 9.17) is 10.6 Å². The van der Waals surface area contributed by atoms with E-state index < -0.39 is 0 Å². The maximum atomic E-state index is 11.3. The van der Waals surface area contributed by atoms with Crippen molar-refractivity contribution in [3.63, 3.8) is 0 Å². The van der Waals surface area contributed by atoms with Gasteiger partial charge in [0.05, 0.1) is 0 Å². The normalized spacial score (nSPS) is 25.4. The van der Waals surface area contributed by atoms with Gasteiger partial charge in [0.25, 0.3) is 0 Å². The molecule has 0 bridgehead atoms. The first-order chi connectivity index (χ1) is 6.76. The van der Waals surface area contributed by atoms with Gasteiger partial charge >= 0.3 is 6.03 Å². The third-order valence-corrected chi connectivity index (χ3v) is 3.40. The van der Waals surface area contributed by atoms with Crippen LogP contribution in [0, 0.1) is 5.41 Å². The number of nitrogens with one attached hydrogen (secondary N) is 1. The van der Waals surface area contributed by atoms with Crippen molar-refractivity contribution >= 4 is 6.03 Å². The number of amides is 2. The number of nitrogens with two attached hydrogens (primary N) is 1. The minimum absolute atomic E-state index is 0.159. The van der Waals surface area contributed by atoms with Crippen LogP contribution in [0.4, 0.5) is 4.79 Å². The van der Waals surface area contributed by atoms with E-state index >= 15 is 0 Å². The lowest BCUT2D eigenvalue weighted by atomic mass is 9.80. The topological polar surface area (TPSA) is 67.6 Å². The van der Waals surface area contributed by atoms with Gasteiger partial charge in [0.1, 0.15) is 0 Å². The smallest absolute Gasteiger partial charge is 0.331 e. The third kappa shape index (κ3) is 1.69. The quantitative estimate of drug-likeness (QED) is 0.329. The summed E-state index contributed by atoms with van der Waals surface area (Å²) in [5.74, 6) is 5.10. The highest BCUT2D eigenvalue weighted by molar-refractivity contribution is 5.73. The zero-order valence-corrected chi connectivity index (χ0v) is 8.29. The molecule has 80 valence electrons. The Hall–Kier alpha value is -0.810. The Balaban J connectivity index is 1.95. The highest BCUT2D eigenvalue weighted by Crippen LogP contribution is 2.39. The first kappa shape index (κ1) is 9.73. The van der Waals surface area contributed by atoms with E-state index in [1.807, 2.05) is 0 Å². The Kier molecular flexibility index (Phi) is 2.60. The maximum Gasteiger partial charge on any atom is 0.331 e. The molecular weight excluding hydrogens is 182 g/mol. The second-order valence-electron chi connectivity index (χ2n) is 4.23. The standard InChI is InChI=1S/C9H17N3O2/c10-11-8(13)12-4-1-9(7-12)2-5-14-6-3-9/h1-7,10H2,(H,11,13). The largest absolute Gasteiger partial charge is 0.381 e. The number of hydrazine groups is 1. The first-order valence-electron chi connectivity index (χ1n) is 5.09. The molecule has 2 aliphatic heterocycles. The van der Waals surface area contributed by atoms with Crippen LogP contribution in [0.5, 0.6) is 0 Å². The Morgan fingerprint density at radius 3 is 2.71 bits per heavy atom. The minimum Gasteiger partial charge on any atom is -0.381 e. The van der Waals surface area contributed by atoms with Crippen molar-refractivity contribution in [1.82, 2.24) is 10.3 Å². The van der Waals surface area contributed by atoms with Crippen LogP contribution in [0.3, 0.4) is 0 Å². The second kappa shape index (κ2) is 3.74. The Morgan fingerprint density at radius 1 is 1.36 bits per heavy atom. The van der Waals surface area contributed by atoms with Crippen LogP contribution in [0.15, 0.2) is 0 Å². The van der Waals surface area contributed by atoms with E-state index in [2.05, 4.69) is 5.43 Å². The molecule has 2 heterocycles. The van der Waals surface area contributed by atoms with Crippen LogP contribution < -0.4 is 11.3 Å². The van der Waals surface area contributed by atoms with Gasteiger partial charge < -0.3 is 9.64 Å². The Morgan fingerprint density at radius 2 is 2.07 bits per heavy atom. The summed E-state index contributed by atoms with van der Waals surface area (Å²) >= 11 is 0. The fourth-order valence-electron chi connectivity index (χ4n) is 2.41. The van der Waals surface area contributed by atoms with E-state index in [0.717, 1.165) is 45.6 Å². The fourth-order valence-corrected chi connectivity index (χ4v) is 2.41. The molecule has 0 aliphatic carbocycles. The Bertz CT molecular complexity index is 226. The van der Waals surface area contributed by atoms with Gasteiger partial charge in [-0.25, -0.2) is 10.6 Å². The molecule has 2 saturated heterocycles. The zero-order chi connectivity index (χ0) is 10.0. The monoisotopic (exact) mass is 199 g/mol. The summed E-state index contributed by atoms with van der Waals surface area (Å²) in [6, 6.07) is -0.159. The van der Waals surface area contributed by atoms with E-state index in [9.17, 15) is 4.79 Å². The van der Waals surface area contributed by atoms with Gasteiger partial charge in [-0.3, -0.25) is 5.43 Å². The molecule has 0 radical (unpaired) electrons. The fraction of sp³-hybridized carbons (Fsp3) is 0.889. The van der Waals surface area contributed by atoms with Crippen LogP contribution in [-0.2, 0) is 4.74 Å². The molecule has 0 aromatic rings. The summed E-state index contributed by atoms with van der Waals surface area (Å²) in [6.45, 7) is 3.32. The van der Waals surface area contributed by atoms with Crippen molar-refractivity contribution in [3.05, 3.63) is 0 Å². The molecule has 0 atom stereocenters. The predicted octanol–water partition coefficient (Wildman–Crippen LogP) is 0.0722. The van der Waals surface area contributed by atoms with E-state index in [-0.39, 0.29) is 6.03 Å². The Labute approximate surface area is 83.5 Å². The lowest BCUT2D eigenvalue weighted by Gasteiger charge is -2.32. The van der Waals surface area contributed by atoms with Crippen LogP contribution in [0.25, 0.3) is 0 Å². The molecule has 2 aliphatic rings. The van der Waals surface area contributed by atoms with Gasteiger partial charge in [0.15, 0.2) is 0 Å².